The number of carbonyl (C=O) groups is 1. The maximum Gasteiger partial charge on any atom is 0.435 e. The molecule has 1 N–H and O–H groups in total. The highest BCUT2D eigenvalue weighted by atomic mass is 31.2. The van der Waals surface area contributed by atoms with Gasteiger partial charge in [-0.2, -0.15) is 0 Å². The number of carbonyl (C=O) groups excluding carboxylic acids is 1. The monoisotopic (exact) mass is 314 g/mol. The Morgan fingerprint density at radius 3 is 2.71 bits per heavy atom. The molecular formula is C14H19O6P. The Kier molecular flexibility index (Phi) is 5.53. The molecule has 1 unspecified atom stereocenters. The van der Waals surface area contributed by atoms with E-state index in [0.717, 1.165) is 18.4 Å². The smallest absolute Gasteiger partial charge is 0.435 e. The molecule has 3 atom stereocenters. The maximum atomic E-state index is 11.8. The Labute approximate surface area is 123 Å². The lowest BCUT2D eigenvalue weighted by Gasteiger charge is -2.15. The fourth-order valence-electron chi connectivity index (χ4n) is 2.05. The average Bonchev–Trinajstić information content (AvgIpc) is 2.89. The first kappa shape index (κ1) is 16.2. The molecular weight excluding hydrogens is 295 g/mol. The molecule has 0 aliphatic carbocycles. The number of benzene rings is 1. The van der Waals surface area contributed by atoms with Gasteiger partial charge >= 0.3 is 13.3 Å². The Morgan fingerprint density at radius 2 is 2.10 bits per heavy atom. The summed E-state index contributed by atoms with van der Waals surface area (Å²) in [5.41, 5.74) is -0.504. The molecule has 0 spiro atoms. The molecule has 7 heteroatoms. The van der Waals surface area contributed by atoms with E-state index in [4.69, 9.17) is 14.0 Å². The summed E-state index contributed by atoms with van der Waals surface area (Å²) in [5, 5.41) is 0. The molecule has 1 aromatic carbocycles. The molecule has 1 aliphatic rings. The predicted octanol–water partition coefficient (Wildman–Crippen LogP) is 3.09. The van der Waals surface area contributed by atoms with Gasteiger partial charge in [0.1, 0.15) is 6.61 Å². The molecule has 0 radical (unpaired) electrons. The summed E-state index contributed by atoms with van der Waals surface area (Å²) in [6, 6.07) is 8.91. The lowest BCUT2D eigenvalue weighted by atomic mass is 10.2. The average molecular weight is 314 g/mol. The molecule has 21 heavy (non-hydrogen) atoms. The molecule has 116 valence electrons. The molecule has 0 aromatic heterocycles. The van der Waals surface area contributed by atoms with Crippen molar-refractivity contribution in [3.63, 3.8) is 0 Å². The molecule has 1 heterocycles. The van der Waals surface area contributed by atoms with Crippen molar-refractivity contribution in [2.75, 3.05) is 6.61 Å². The Balaban J connectivity index is 1.78. The molecule has 1 aromatic rings. The van der Waals surface area contributed by atoms with E-state index in [2.05, 4.69) is 0 Å². The van der Waals surface area contributed by atoms with Crippen LogP contribution >= 0.6 is 7.60 Å². The summed E-state index contributed by atoms with van der Waals surface area (Å²) in [4.78, 5) is 21.2. The first-order valence-corrected chi connectivity index (χ1v) is 8.39. The summed E-state index contributed by atoms with van der Waals surface area (Å²) in [6.07, 6.45) is 1.49. The van der Waals surface area contributed by atoms with Gasteiger partial charge in [-0.3, -0.25) is 4.52 Å². The van der Waals surface area contributed by atoms with Crippen LogP contribution in [-0.2, 0) is 25.2 Å². The van der Waals surface area contributed by atoms with Crippen molar-refractivity contribution in [3.05, 3.63) is 35.9 Å². The largest absolute Gasteiger partial charge is 0.452 e. The van der Waals surface area contributed by atoms with Crippen molar-refractivity contribution in [2.45, 2.75) is 38.6 Å². The van der Waals surface area contributed by atoms with Crippen LogP contribution in [0, 0.1) is 0 Å². The fraction of sp³-hybridized carbons (Fsp3) is 0.500. The third kappa shape index (κ3) is 4.93. The normalized spacial score (nSPS) is 24.5. The van der Waals surface area contributed by atoms with Gasteiger partial charge in [-0.15, -0.1) is 0 Å². The number of ether oxygens (including phenoxy) is 2. The lowest BCUT2D eigenvalue weighted by molar-refractivity contribution is 0.0234. The van der Waals surface area contributed by atoms with Crippen LogP contribution in [0.1, 0.15) is 25.3 Å². The van der Waals surface area contributed by atoms with Crippen LogP contribution in [0.5, 0.6) is 0 Å². The van der Waals surface area contributed by atoms with Gasteiger partial charge in [0.05, 0.1) is 18.8 Å². The highest BCUT2D eigenvalue weighted by molar-refractivity contribution is 7.70. The Bertz CT molecular complexity index is 517. The molecule has 1 saturated heterocycles. The van der Waals surface area contributed by atoms with Gasteiger partial charge in [0.25, 0.3) is 0 Å². The van der Waals surface area contributed by atoms with Crippen molar-refractivity contribution in [2.24, 2.45) is 0 Å². The lowest BCUT2D eigenvalue weighted by Crippen LogP contribution is -2.17. The topological polar surface area (TPSA) is 82.1 Å². The van der Waals surface area contributed by atoms with Gasteiger partial charge in [0, 0.05) is 0 Å². The Morgan fingerprint density at radius 1 is 1.38 bits per heavy atom. The van der Waals surface area contributed by atoms with Crippen LogP contribution in [-0.4, -0.2) is 29.4 Å². The minimum Gasteiger partial charge on any atom is -0.452 e. The van der Waals surface area contributed by atoms with Gasteiger partial charge in [0.2, 0.25) is 0 Å². The fourth-order valence-corrected chi connectivity index (χ4v) is 2.75. The van der Waals surface area contributed by atoms with E-state index < -0.39 is 13.3 Å². The summed E-state index contributed by atoms with van der Waals surface area (Å²) < 4.78 is 26.9. The molecule has 1 fully saturated rings. The van der Waals surface area contributed by atoms with E-state index in [9.17, 15) is 14.3 Å². The van der Waals surface area contributed by atoms with Gasteiger partial charge in [-0.1, -0.05) is 30.3 Å². The second-order valence-electron chi connectivity index (χ2n) is 5.00. The zero-order chi connectivity index (χ0) is 15.3. The van der Waals surface area contributed by atoms with Crippen LogP contribution in [0.25, 0.3) is 0 Å². The molecule has 0 amide bonds. The van der Waals surface area contributed by atoms with Crippen LogP contribution in [0.15, 0.2) is 30.3 Å². The molecule has 1 aliphatic heterocycles. The predicted molar refractivity (Wildman–Crippen MR) is 76.0 cm³/mol. The SMILES string of the molecule is C[C@H]1CC[C@@H](COP(=O)(O)C(=O)OCc2ccccc2)O1. The number of hydrogen-bond acceptors (Lipinski definition) is 5. The Hall–Kier alpha value is -1.20. The second kappa shape index (κ2) is 7.18. The third-order valence-electron chi connectivity index (χ3n) is 3.19. The van der Waals surface area contributed by atoms with E-state index in [1.807, 2.05) is 13.0 Å². The van der Waals surface area contributed by atoms with Gasteiger partial charge in [-0.25, -0.2) is 9.36 Å². The standard InChI is InChI=1S/C14H19O6P/c1-11-7-8-13(20-11)10-19-21(16,17)14(15)18-9-12-5-3-2-4-6-12/h2-6,11,13H,7-10H2,1H3,(H,16,17)/t11-,13-/m0/s1. The molecule has 2 rings (SSSR count). The van der Waals surface area contributed by atoms with Gasteiger partial charge in [0.15, 0.2) is 0 Å². The van der Waals surface area contributed by atoms with Gasteiger partial charge < -0.3 is 14.4 Å². The zero-order valence-electron chi connectivity index (χ0n) is 11.8. The van der Waals surface area contributed by atoms with Crippen molar-refractivity contribution < 1.29 is 28.3 Å². The van der Waals surface area contributed by atoms with Crippen LogP contribution < -0.4 is 0 Å². The minimum atomic E-state index is -4.43. The first-order valence-electron chi connectivity index (χ1n) is 6.81. The maximum absolute atomic E-state index is 11.8. The summed E-state index contributed by atoms with van der Waals surface area (Å²) in [6.45, 7) is 1.77. The third-order valence-corrected chi connectivity index (χ3v) is 4.28. The van der Waals surface area contributed by atoms with Crippen molar-refractivity contribution in [1.29, 1.82) is 0 Å². The molecule has 6 nitrogen and oxygen atoms in total. The van der Waals surface area contributed by atoms with Crippen molar-refractivity contribution in [3.8, 4) is 0 Å². The minimum absolute atomic E-state index is 0.0649. The van der Waals surface area contributed by atoms with Crippen molar-refractivity contribution in [1.82, 2.24) is 0 Å². The zero-order valence-corrected chi connectivity index (χ0v) is 12.7. The molecule has 0 saturated carbocycles. The first-order chi connectivity index (χ1) is 9.97. The summed E-state index contributed by atoms with van der Waals surface area (Å²) in [5.74, 6) is 0. The van der Waals surface area contributed by atoms with E-state index in [1.165, 1.54) is 0 Å². The van der Waals surface area contributed by atoms with E-state index >= 15 is 0 Å². The summed E-state index contributed by atoms with van der Waals surface area (Å²) >= 11 is 0. The van der Waals surface area contributed by atoms with E-state index in [0.29, 0.717) is 0 Å². The highest BCUT2D eigenvalue weighted by Gasteiger charge is 2.35. The van der Waals surface area contributed by atoms with Crippen LogP contribution in [0.2, 0.25) is 0 Å². The molecule has 0 bridgehead atoms. The number of hydrogen-bond donors (Lipinski definition) is 1. The van der Waals surface area contributed by atoms with Gasteiger partial charge in [-0.05, 0) is 25.3 Å². The van der Waals surface area contributed by atoms with Crippen LogP contribution in [0.3, 0.4) is 0 Å². The number of rotatable bonds is 6. The van der Waals surface area contributed by atoms with Crippen molar-refractivity contribution >= 4 is 13.3 Å². The second-order valence-corrected chi connectivity index (χ2v) is 6.67. The highest BCUT2D eigenvalue weighted by Crippen LogP contribution is 2.45. The summed E-state index contributed by atoms with van der Waals surface area (Å²) in [7, 11) is -4.43. The quantitative estimate of drug-likeness (QED) is 0.813. The van der Waals surface area contributed by atoms with E-state index in [1.54, 1.807) is 24.3 Å². The van der Waals surface area contributed by atoms with E-state index in [-0.39, 0.29) is 25.4 Å². The van der Waals surface area contributed by atoms with Crippen LogP contribution in [0.4, 0.5) is 4.79 Å².